The maximum absolute atomic E-state index is 2.46. The van der Waals surface area contributed by atoms with Gasteiger partial charge in [-0.15, -0.1) is 0 Å². The molecule has 0 nitrogen and oxygen atoms in total. The van der Waals surface area contributed by atoms with Gasteiger partial charge < -0.3 is 0 Å². The van der Waals surface area contributed by atoms with Crippen molar-refractivity contribution in [1.29, 1.82) is 0 Å². The molecule has 0 amide bonds. The van der Waals surface area contributed by atoms with Gasteiger partial charge in [-0.3, -0.25) is 0 Å². The highest BCUT2D eigenvalue weighted by Gasteiger charge is 2.47. The van der Waals surface area contributed by atoms with E-state index in [-0.39, 0.29) is 0 Å². The molecule has 2 aliphatic carbocycles. The first-order valence-electron chi connectivity index (χ1n) is 27.3. The van der Waals surface area contributed by atoms with Gasteiger partial charge in [-0.2, -0.15) is 0 Å². The molecule has 0 unspecified atom stereocenters. The van der Waals surface area contributed by atoms with Gasteiger partial charge in [0.25, 0.3) is 0 Å². The van der Waals surface area contributed by atoms with Crippen LogP contribution in [0.1, 0.15) is 44.5 Å². The average Bonchev–Trinajstić information content (AvgIpc) is 4.06. The summed E-state index contributed by atoms with van der Waals surface area (Å²) in [7, 11) is 0. The Morgan fingerprint density at radius 1 is 0.179 bits per heavy atom. The Labute approximate surface area is 455 Å². The molecule has 78 heavy (non-hydrogen) atoms. The minimum atomic E-state index is -0.438. The van der Waals surface area contributed by atoms with Crippen molar-refractivity contribution in [3.05, 3.63) is 348 Å². The van der Waals surface area contributed by atoms with Crippen LogP contribution in [-0.4, -0.2) is 0 Å². The quantitative estimate of drug-likeness (QED) is 0.133. The minimum Gasteiger partial charge on any atom is -0.0622 e. The van der Waals surface area contributed by atoms with E-state index in [4.69, 9.17) is 0 Å². The van der Waals surface area contributed by atoms with E-state index in [2.05, 4.69) is 303 Å². The van der Waals surface area contributed by atoms with E-state index >= 15 is 0 Å². The third kappa shape index (κ3) is 6.35. The minimum absolute atomic E-state index is 0.438. The SMILES string of the molecule is c1ccc(C2(c3ccccc3)c3ccccc3-c3ccc(-c4ccc(-c5ccc6ccc7c(-c8ccc(-c9ccc%10c(c9)C(c9ccccc9)(c9ccccc9)c9ccccc9-%10)cc8)ccc8ccc5c6c87)cc4)cc32)cc1. The summed E-state index contributed by atoms with van der Waals surface area (Å²) in [6.45, 7) is 0. The van der Waals surface area contributed by atoms with E-state index in [0.717, 1.165) is 0 Å². The summed E-state index contributed by atoms with van der Waals surface area (Å²) >= 11 is 0. The molecule has 14 aromatic rings. The van der Waals surface area contributed by atoms with Crippen molar-refractivity contribution in [2.75, 3.05) is 0 Å². The van der Waals surface area contributed by atoms with Crippen molar-refractivity contribution in [2.45, 2.75) is 10.8 Å². The molecule has 0 saturated heterocycles. The van der Waals surface area contributed by atoms with Crippen LogP contribution >= 0.6 is 0 Å². The lowest BCUT2D eigenvalue weighted by Gasteiger charge is -2.34. The van der Waals surface area contributed by atoms with Crippen LogP contribution in [0.3, 0.4) is 0 Å². The third-order valence-corrected chi connectivity index (χ3v) is 17.6. The fraction of sp³-hybridized carbons (Fsp3) is 0.0256. The molecule has 0 aromatic heterocycles. The number of benzene rings is 14. The summed E-state index contributed by atoms with van der Waals surface area (Å²) in [4.78, 5) is 0. The summed E-state index contributed by atoms with van der Waals surface area (Å²) in [6, 6.07) is 114. The first-order valence-corrected chi connectivity index (χ1v) is 27.3. The highest BCUT2D eigenvalue weighted by atomic mass is 14.5. The van der Waals surface area contributed by atoms with Gasteiger partial charge in [-0.1, -0.05) is 291 Å². The Morgan fingerprint density at radius 2 is 0.462 bits per heavy atom. The van der Waals surface area contributed by atoms with Crippen molar-refractivity contribution < 1.29 is 0 Å². The van der Waals surface area contributed by atoms with Crippen molar-refractivity contribution in [1.82, 2.24) is 0 Å². The zero-order valence-corrected chi connectivity index (χ0v) is 42.9. The topological polar surface area (TPSA) is 0 Å². The van der Waals surface area contributed by atoms with Crippen molar-refractivity contribution in [3.63, 3.8) is 0 Å². The van der Waals surface area contributed by atoms with Gasteiger partial charge in [0.2, 0.25) is 0 Å². The van der Waals surface area contributed by atoms with Gasteiger partial charge in [0.15, 0.2) is 0 Å². The second kappa shape index (κ2) is 17.3. The molecule has 0 spiro atoms. The fourth-order valence-electron chi connectivity index (χ4n) is 14.2. The molecular formula is C78H50. The lowest BCUT2D eigenvalue weighted by molar-refractivity contribution is 0.769. The Balaban J connectivity index is 0.758. The number of rotatable bonds is 8. The van der Waals surface area contributed by atoms with Crippen molar-refractivity contribution in [3.8, 4) is 66.8 Å². The molecule has 2 aliphatic rings. The molecule has 0 saturated carbocycles. The molecule has 0 fully saturated rings. The Morgan fingerprint density at radius 3 is 0.833 bits per heavy atom. The van der Waals surface area contributed by atoms with E-state index in [1.165, 1.54) is 144 Å². The van der Waals surface area contributed by atoms with E-state index in [1.807, 2.05) is 0 Å². The standard InChI is InChI=1S/C78H50/c1-5-17-59(18-6-1)77(60-19-7-2-8-20-60)71-27-15-13-25-65(71)67-45-41-57(49-73(67)77)51-29-33-53(34-30-51)63-43-37-55-40-48-70-64(44-38-56-39-47-69(63)75(55)76(56)70)54-35-31-52(32-36-54)58-42-46-68-66-26-14-16-28-72(66)78(74(68)50-58,61-21-9-3-10-22-61)62-23-11-4-12-24-62/h1-50H. The summed E-state index contributed by atoms with van der Waals surface area (Å²) in [5.74, 6) is 0. The monoisotopic (exact) mass is 986 g/mol. The molecule has 0 bridgehead atoms. The lowest BCUT2D eigenvalue weighted by atomic mass is 9.67. The normalized spacial score (nSPS) is 13.6. The lowest BCUT2D eigenvalue weighted by Crippen LogP contribution is -2.28. The second-order valence-electron chi connectivity index (χ2n) is 21.4. The van der Waals surface area contributed by atoms with Crippen LogP contribution in [0, 0.1) is 0 Å². The molecule has 0 aliphatic heterocycles. The number of fused-ring (bicyclic) bond motifs is 6. The molecule has 0 heteroatoms. The predicted molar refractivity (Wildman–Crippen MR) is 326 cm³/mol. The van der Waals surface area contributed by atoms with Crippen molar-refractivity contribution in [2.24, 2.45) is 0 Å². The molecule has 0 radical (unpaired) electrons. The number of hydrogen-bond donors (Lipinski definition) is 0. The van der Waals surface area contributed by atoms with Crippen LogP contribution in [0.4, 0.5) is 0 Å². The largest absolute Gasteiger partial charge is 0.0713 e. The molecule has 0 heterocycles. The highest BCUT2D eigenvalue weighted by Crippen LogP contribution is 2.58. The molecule has 0 N–H and O–H groups in total. The van der Waals surface area contributed by atoms with Gasteiger partial charge in [-0.25, -0.2) is 0 Å². The predicted octanol–water partition coefficient (Wildman–Crippen LogP) is 20.0. The summed E-state index contributed by atoms with van der Waals surface area (Å²) < 4.78 is 0. The van der Waals surface area contributed by atoms with Crippen LogP contribution in [0.15, 0.2) is 303 Å². The van der Waals surface area contributed by atoms with Gasteiger partial charge in [-0.05, 0) is 156 Å². The number of hydrogen-bond acceptors (Lipinski definition) is 0. The van der Waals surface area contributed by atoms with Gasteiger partial charge in [0.05, 0.1) is 10.8 Å². The fourth-order valence-corrected chi connectivity index (χ4v) is 14.2. The summed E-state index contributed by atoms with van der Waals surface area (Å²) in [5.41, 5.74) is 24.5. The highest BCUT2D eigenvalue weighted by molar-refractivity contribution is 6.27. The zero-order chi connectivity index (χ0) is 51.4. The molecule has 0 atom stereocenters. The summed E-state index contributed by atoms with van der Waals surface area (Å²) in [5, 5.41) is 7.71. The van der Waals surface area contributed by atoms with Gasteiger partial charge in [0, 0.05) is 0 Å². The van der Waals surface area contributed by atoms with Crippen LogP contribution in [-0.2, 0) is 10.8 Å². The summed E-state index contributed by atoms with van der Waals surface area (Å²) in [6.07, 6.45) is 0. The molecule has 362 valence electrons. The Hall–Kier alpha value is -9.88. The van der Waals surface area contributed by atoms with Gasteiger partial charge in [0.1, 0.15) is 0 Å². The van der Waals surface area contributed by atoms with Crippen molar-refractivity contribution >= 4 is 32.3 Å². The second-order valence-corrected chi connectivity index (χ2v) is 21.4. The van der Waals surface area contributed by atoms with Crippen LogP contribution in [0.25, 0.3) is 99.1 Å². The van der Waals surface area contributed by atoms with E-state index in [0.29, 0.717) is 0 Å². The molecule has 16 rings (SSSR count). The molecule has 14 aromatic carbocycles. The Kier molecular flexibility index (Phi) is 9.87. The first kappa shape index (κ1) is 44.4. The average molecular weight is 987 g/mol. The zero-order valence-electron chi connectivity index (χ0n) is 42.9. The third-order valence-electron chi connectivity index (χ3n) is 17.6. The van der Waals surface area contributed by atoms with E-state index in [1.54, 1.807) is 0 Å². The van der Waals surface area contributed by atoms with E-state index < -0.39 is 10.8 Å². The van der Waals surface area contributed by atoms with Gasteiger partial charge >= 0.3 is 0 Å². The maximum Gasteiger partial charge on any atom is 0.0713 e. The molecular weight excluding hydrogens is 937 g/mol. The van der Waals surface area contributed by atoms with Crippen LogP contribution in [0.5, 0.6) is 0 Å². The van der Waals surface area contributed by atoms with Crippen LogP contribution in [0.2, 0.25) is 0 Å². The van der Waals surface area contributed by atoms with Crippen LogP contribution < -0.4 is 0 Å². The first-order chi connectivity index (χ1) is 38.7. The van der Waals surface area contributed by atoms with E-state index in [9.17, 15) is 0 Å². The smallest absolute Gasteiger partial charge is 0.0622 e. The Bertz CT molecular complexity index is 4230. The maximum atomic E-state index is 2.46.